The summed E-state index contributed by atoms with van der Waals surface area (Å²) < 4.78 is 6.52. The number of carbonyl (C=O) groups is 1. The van der Waals surface area contributed by atoms with Crippen molar-refractivity contribution in [3.8, 4) is 10.4 Å². The van der Waals surface area contributed by atoms with Crippen LogP contribution >= 0.6 is 22.7 Å². The van der Waals surface area contributed by atoms with Crippen molar-refractivity contribution in [2.24, 2.45) is 0 Å². The number of ether oxygens (including phenoxy) is 1. The molecule has 0 radical (unpaired) electrons. The molecule has 0 saturated carbocycles. The molecule has 3 aromatic heterocycles. The highest BCUT2D eigenvalue weighted by molar-refractivity contribution is 7.20. The van der Waals surface area contributed by atoms with Crippen molar-refractivity contribution in [1.82, 2.24) is 9.55 Å². The van der Waals surface area contributed by atoms with Crippen LogP contribution in [0.4, 0.5) is 0 Å². The number of carbonyl (C=O) groups excluding carboxylic acids is 1. The van der Waals surface area contributed by atoms with Gasteiger partial charge in [0.05, 0.1) is 12.0 Å². The summed E-state index contributed by atoms with van der Waals surface area (Å²) in [5.41, 5.74) is -0.374. The summed E-state index contributed by atoms with van der Waals surface area (Å²) >= 11 is 3.14. The molecule has 3 aromatic rings. The quantitative estimate of drug-likeness (QED) is 0.630. The Morgan fingerprint density at radius 2 is 2.12 bits per heavy atom. The Labute approximate surface area is 153 Å². The first-order valence-electron chi connectivity index (χ1n) is 8.16. The molecule has 0 N–H and O–H groups in total. The van der Waals surface area contributed by atoms with Crippen molar-refractivity contribution in [3.05, 3.63) is 39.1 Å². The van der Waals surface area contributed by atoms with Gasteiger partial charge in [0.15, 0.2) is 0 Å². The minimum Gasteiger partial charge on any atom is -0.464 e. The second kappa shape index (κ2) is 6.72. The third-order valence-corrected chi connectivity index (χ3v) is 6.28. The van der Waals surface area contributed by atoms with E-state index in [2.05, 4.69) is 11.9 Å². The Bertz CT molecular complexity index is 968. The first-order chi connectivity index (χ1) is 11.9. The number of aromatic nitrogens is 2. The topological polar surface area (TPSA) is 61.2 Å². The third-order valence-electron chi connectivity index (χ3n) is 4.15. The van der Waals surface area contributed by atoms with Gasteiger partial charge in [0.2, 0.25) is 0 Å². The predicted octanol–water partition coefficient (Wildman–Crippen LogP) is 4.05. The average Bonchev–Trinajstić information content (AvgIpc) is 3.21. The van der Waals surface area contributed by atoms with E-state index in [1.165, 1.54) is 10.9 Å². The largest absolute Gasteiger partial charge is 0.464 e. The second-order valence-corrected chi connectivity index (χ2v) is 8.14. The maximum absolute atomic E-state index is 13.3. The molecule has 0 unspecified atom stereocenters. The summed E-state index contributed by atoms with van der Waals surface area (Å²) in [6, 6.07) is 3.99. The Balaban J connectivity index is 2.29. The molecule has 3 rings (SSSR count). The van der Waals surface area contributed by atoms with Crippen LogP contribution in [0.2, 0.25) is 0 Å². The monoisotopic (exact) mass is 376 g/mol. The Morgan fingerprint density at radius 1 is 1.36 bits per heavy atom. The number of hydrogen-bond donors (Lipinski definition) is 0. The zero-order valence-corrected chi connectivity index (χ0v) is 16.3. The van der Waals surface area contributed by atoms with Gasteiger partial charge in [-0.3, -0.25) is 9.36 Å². The summed E-state index contributed by atoms with van der Waals surface area (Å²) in [4.78, 5) is 32.9. The van der Waals surface area contributed by atoms with Crippen LogP contribution in [-0.4, -0.2) is 22.1 Å². The Morgan fingerprint density at radius 3 is 2.72 bits per heavy atom. The van der Waals surface area contributed by atoms with Crippen molar-refractivity contribution >= 4 is 38.9 Å². The molecule has 0 fully saturated rings. The van der Waals surface area contributed by atoms with Crippen LogP contribution in [0.15, 0.2) is 28.6 Å². The number of esters is 1. The third kappa shape index (κ3) is 2.91. The lowest BCUT2D eigenvalue weighted by Crippen LogP contribution is -2.43. The van der Waals surface area contributed by atoms with E-state index in [9.17, 15) is 9.59 Å². The molecule has 0 saturated heterocycles. The first-order valence-corrected chi connectivity index (χ1v) is 9.86. The Hall–Kier alpha value is -1.99. The molecular formula is C18H20N2O3S2. The zero-order valence-electron chi connectivity index (χ0n) is 14.7. The lowest BCUT2D eigenvalue weighted by molar-refractivity contribution is -0.152. The molecule has 0 aliphatic heterocycles. The molecule has 0 spiro atoms. The van der Waals surface area contributed by atoms with E-state index in [-0.39, 0.29) is 12.2 Å². The minimum atomic E-state index is -1.12. The van der Waals surface area contributed by atoms with E-state index in [4.69, 9.17) is 4.74 Å². The smallest absolute Gasteiger partial charge is 0.331 e. The fraction of sp³-hybridized carbons (Fsp3) is 0.389. The van der Waals surface area contributed by atoms with E-state index in [1.807, 2.05) is 17.5 Å². The van der Waals surface area contributed by atoms with Crippen LogP contribution in [0.25, 0.3) is 20.7 Å². The van der Waals surface area contributed by atoms with Crippen LogP contribution in [0.3, 0.4) is 0 Å². The number of rotatable bonds is 5. The second-order valence-electron chi connectivity index (χ2n) is 6.11. The fourth-order valence-corrected chi connectivity index (χ4v) is 4.72. The summed E-state index contributed by atoms with van der Waals surface area (Å²) in [6.07, 6.45) is 2.28. The summed E-state index contributed by atoms with van der Waals surface area (Å²) in [7, 11) is 0. The predicted molar refractivity (Wildman–Crippen MR) is 103 cm³/mol. The summed E-state index contributed by atoms with van der Waals surface area (Å²) in [5, 5.41) is 2.58. The SMILES string of the molecule is CCOC(=O)C(C)(C)n1cnc2sc(CC)c(-c3cccs3)c2c1=O. The molecule has 3 heterocycles. The van der Waals surface area contributed by atoms with Crippen molar-refractivity contribution in [3.63, 3.8) is 0 Å². The van der Waals surface area contributed by atoms with Crippen molar-refractivity contribution in [2.75, 3.05) is 6.61 Å². The van der Waals surface area contributed by atoms with Crippen LogP contribution in [0.5, 0.6) is 0 Å². The molecule has 0 amide bonds. The van der Waals surface area contributed by atoms with Gasteiger partial charge in [-0.2, -0.15) is 0 Å². The maximum Gasteiger partial charge on any atom is 0.331 e. The Kier molecular flexibility index (Phi) is 4.79. The highest BCUT2D eigenvalue weighted by Crippen LogP contribution is 2.38. The van der Waals surface area contributed by atoms with E-state index in [0.29, 0.717) is 10.2 Å². The lowest BCUT2D eigenvalue weighted by atomic mass is 10.0. The number of hydrogen-bond acceptors (Lipinski definition) is 6. The van der Waals surface area contributed by atoms with Crippen LogP contribution in [0.1, 0.15) is 32.6 Å². The normalized spacial score (nSPS) is 11.8. The van der Waals surface area contributed by atoms with Gasteiger partial charge in [0, 0.05) is 15.3 Å². The lowest BCUT2D eigenvalue weighted by Gasteiger charge is -2.24. The minimum absolute atomic E-state index is 0.206. The number of thiophene rings is 2. The highest BCUT2D eigenvalue weighted by Gasteiger charge is 2.33. The number of nitrogens with zero attached hydrogens (tertiary/aromatic N) is 2. The van der Waals surface area contributed by atoms with Crippen LogP contribution < -0.4 is 5.56 Å². The molecule has 5 nitrogen and oxygen atoms in total. The van der Waals surface area contributed by atoms with Gasteiger partial charge in [0.25, 0.3) is 5.56 Å². The number of aryl methyl sites for hydroxylation is 1. The summed E-state index contributed by atoms with van der Waals surface area (Å²) in [5.74, 6) is -0.443. The van der Waals surface area contributed by atoms with Crippen molar-refractivity contribution < 1.29 is 9.53 Å². The van der Waals surface area contributed by atoms with Gasteiger partial charge in [-0.25, -0.2) is 9.78 Å². The molecule has 132 valence electrons. The fourth-order valence-electron chi connectivity index (χ4n) is 2.77. The van der Waals surface area contributed by atoms with E-state index >= 15 is 0 Å². The summed E-state index contributed by atoms with van der Waals surface area (Å²) in [6.45, 7) is 7.45. The standard InChI is InChI=1S/C18H20N2O3S2/c1-5-11-13(12-8-7-9-24-12)14-15(25-11)19-10-20(16(14)21)18(3,4)17(22)23-6-2/h7-10H,5-6H2,1-4H3. The van der Waals surface area contributed by atoms with Crippen LogP contribution in [-0.2, 0) is 21.5 Å². The molecule has 25 heavy (non-hydrogen) atoms. The molecule has 0 aliphatic carbocycles. The van der Waals surface area contributed by atoms with Gasteiger partial charge in [-0.05, 0) is 38.6 Å². The molecule has 0 aliphatic rings. The van der Waals surface area contributed by atoms with E-state index < -0.39 is 11.5 Å². The maximum atomic E-state index is 13.3. The first kappa shape index (κ1) is 17.8. The zero-order chi connectivity index (χ0) is 18.2. The highest BCUT2D eigenvalue weighted by atomic mass is 32.1. The van der Waals surface area contributed by atoms with Gasteiger partial charge in [0.1, 0.15) is 16.7 Å². The van der Waals surface area contributed by atoms with E-state index in [0.717, 1.165) is 21.7 Å². The van der Waals surface area contributed by atoms with Crippen molar-refractivity contribution in [2.45, 2.75) is 39.7 Å². The van der Waals surface area contributed by atoms with Gasteiger partial charge in [-0.15, -0.1) is 22.7 Å². The van der Waals surface area contributed by atoms with Gasteiger partial charge >= 0.3 is 5.97 Å². The number of fused-ring (bicyclic) bond motifs is 1. The molecule has 0 aromatic carbocycles. The molecule has 0 atom stereocenters. The van der Waals surface area contributed by atoms with Gasteiger partial charge in [-0.1, -0.05) is 13.0 Å². The van der Waals surface area contributed by atoms with Gasteiger partial charge < -0.3 is 4.74 Å². The molecular weight excluding hydrogens is 356 g/mol. The van der Waals surface area contributed by atoms with E-state index in [1.54, 1.807) is 43.4 Å². The average molecular weight is 377 g/mol. The van der Waals surface area contributed by atoms with Crippen molar-refractivity contribution in [1.29, 1.82) is 0 Å². The van der Waals surface area contributed by atoms with Crippen LogP contribution in [0, 0.1) is 0 Å². The molecule has 7 heteroatoms. The molecule has 0 bridgehead atoms.